The minimum Gasteiger partial charge on any atom is -0.350 e. The number of amides is 1. The van der Waals surface area contributed by atoms with E-state index in [-0.39, 0.29) is 11.7 Å². The van der Waals surface area contributed by atoms with E-state index in [1.165, 1.54) is 6.07 Å². The fourth-order valence-electron chi connectivity index (χ4n) is 3.19. The van der Waals surface area contributed by atoms with Crippen molar-refractivity contribution < 1.29 is 9.18 Å². The van der Waals surface area contributed by atoms with Crippen molar-refractivity contribution in [2.75, 3.05) is 19.6 Å². The van der Waals surface area contributed by atoms with Crippen molar-refractivity contribution >= 4 is 5.91 Å². The molecular formula is C18H23FN4O. The second kappa shape index (κ2) is 7.57. The molecule has 1 aromatic carbocycles. The van der Waals surface area contributed by atoms with Crippen LogP contribution < -0.4 is 5.32 Å². The number of H-pyrrole nitrogens is 1. The van der Waals surface area contributed by atoms with Gasteiger partial charge in [-0.15, -0.1) is 0 Å². The fraction of sp³-hybridized carbons (Fsp3) is 0.444. The van der Waals surface area contributed by atoms with Gasteiger partial charge in [0.1, 0.15) is 11.5 Å². The molecule has 1 aliphatic rings. The first-order valence-corrected chi connectivity index (χ1v) is 8.38. The summed E-state index contributed by atoms with van der Waals surface area (Å²) in [6, 6.07) is 8.65. The van der Waals surface area contributed by atoms with Crippen LogP contribution in [0.5, 0.6) is 0 Å². The van der Waals surface area contributed by atoms with Crippen LogP contribution in [0.4, 0.5) is 4.39 Å². The van der Waals surface area contributed by atoms with Gasteiger partial charge in [0, 0.05) is 30.9 Å². The zero-order valence-corrected chi connectivity index (χ0v) is 13.9. The zero-order valence-electron chi connectivity index (χ0n) is 13.9. The van der Waals surface area contributed by atoms with E-state index in [4.69, 9.17) is 0 Å². The Labute approximate surface area is 141 Å². The fourth-order valence-corrected chi connectivity index (χ4v) is 3.19. The van der Waals surface area contributed by atoms with Crippen LogP contribution in [-0.2, 0) is 6.54 Å². The van der Waals surface area contributed by atoms with Gasteiger partial charge in [0.05, 0.1) is 0 Å². The molecule has 5 nitrogen and oxygen atoms in total. The molecule has 2 N–H and O–H groups in total. The summed E-state index contributed by atoms with van der Waals surface area (Å²) in [4.78, 5) is 14.3. The number of hydrogen-bond donors (Lipinski definition) is 2. The van der Waals surface area contributed by atoms with Crippen molar-refractivity contribution in [3.63, 3.8) is 0 Å². The van der Waals surface area contributed by atoms with Crippen LogP contribution in [0, 0.1) is 18.7 Å². The minimum atomic E-state index is -0.151. The molecule has 0 aliphatic carbocycles. The lowest BCUT2D eigenvalue weighted by Crippen LogP contribution is -2.40. The largest absolute Gasteiger partial charge is 0.350 e. The van der Waals surface area contributed by atoms with Crippen LogP contribution in [-0.4, -0.2) is 40.6 Å². The Balaban J connectivity index is 1.50. The van der Waals surface area contributed by atoms with E-state index in [1.807, 2.05) is 19.1 Å². The van der Waals surface area contributed by atoms with Gasteiger partial charge < -0.3 is 5.32 Å². The standard InChI is InChI=1S/C18H23FN4O/c1-13-9-17(22-21-13)18(24)20-10-14-5-4-8-23(11-14)12-15-6-2-3-7-16(15)19/h2-3,6-7,9,14H,4-5,8,10-12H2,1H3,(H,20,24)(H,21,22). The Morgan fingerprint density at radius 3 is 3.04 bits per heavy atom. The number of hydrogen-bond acceptors (Lipinski definition) is 3. The number of likely N-dealkylation sites (tertiary alicyclic amines) is 1. The second-order valence-corrected chi connectivity index (χ2v) is 6.48. The van der Waals surface area contributed by atoms with E-state index in [0.29, 0.717) is 24.7 Å². The first kappa shape index (κ1) is 16.6. The van der Waals surface area contributed by atoms with Gasteiger partial charge >= 0.3 is 0 Å². The molecule has 128 valence electrons. The van der Waals surface area contributed by atoms with Gasteiger partial charge in [0.25, 0.3) is 5.91 Å². The lowest BCUT2D eigenvalue weighted by molar-refractivity contribution is 0.0925. The third-order valence-corrected chi connectivity index (χ3v) is 4.44. The number of carbonyl (C=O) groups is 1. The summed E-state index contributed by atoms with van der Waals surface area (Å²) in [6.07, 6.45) is 2.14. The molecule has 2 aromatic rings. The van der Waals surface area contributed by atoms with Crippen molar-refractivity contribution in [1.29, 1.82) is 0 Å². The zero-order chi connectivity index (χ0) is 16.9. The van der Waals surface area contributed by atoms with Crippen LogP contribution in [0.25, 0.3) is 0 Å². The maximum absolute atomic E-state index is 13.8. The van der Waals surface area contributed by atoms with Crippen molar-refractivity contribution in [3.8, 4) is 0 Å². The molecule has 2 heterocycles. The average Bonchev–Trinajstić information content (AvgIpc) is 3.02. The SMILES string of the molecule is Cc1cc(C(=O)NCC2CCCN(Cc3ccccc3F)C2)n[nH]1. The van der Waals surface area contributed by atoms with E-state index < -0.39 is 0 Å². The van der Waals surface area contributed by atoms with Gasteiger partial charge in [-0.2, -0.15) is 5.10 Å². The van der Waals surface area contributed by atoms with Crippen molar-refractivity contribution in [2.24, 2.45) is 5.92 Å². The third-order valence-electron chi connectivity index (χ3n) is 4.44. The van der Waals surface area contributed by atoms with E-state index in [1.54, 1.807) is 12.1 Å². The predicted octanol–water partition coefficient (Wildman–Crippen LogP) is 2.50. The smallest absolute Gasteiger partial charge is 0.271 e. The number of aryl methyl sites for hydroxylation is 1. The topological polar surface area (TPSA) is 61.0 Å². The molecule has 1 atom stereocenters. The van der Waals surface area contributed by atoms with Gasteiger partial charge in [-0.1, -0.05) is 18.2 Å². The highest BCUT2D eigenvalue weighted by Crippen LogP contribution is 2.19. The number of halogens is 1. The number of benzene rings is 1. The predicted molar refractivity (Wildman–Crippen MR) is 90.1 cm³/mol. The Bertz CT molecular complexity index is 700. The summed E-state index contributed by atoms with van der Waals surface area (Å²) in [7, 11) is 0. The molecule has 0 bridgehead atoms. The van der Waals surface area contributed by atoms with Gasteiger partial charge in [-0.3, -0.25) is 14.8 Å². The Morgan fingerprint density at radius 2 is 2.29 bits per heavy atom. The second-order valence-electron chi connectivity index (χ2n) is 6.48. The molecule has 24 heavy (non-hydrogen) atoms. The first-order chi connectivity index (χ1) is 11.6. The monoisotopic (exact) mass is 330 g/mol. The molecule has 0 radical (unpaired) electrons. The van der Waals surface area contributed by atoms with Crippen molar-refractivity contribution in [3.05, 3.63) is 53.1 Å². The number of nitrogens with one attached hydrogen (secondary N) is 2. The highest BCUT2D eigenvalue weighted by atomic mass is 19.1. The summed E-state index contributed by atoms with van der Waals surface area (Å²) < 4.78 is 13.8. The highest BCUT2D eigenvalue weighted by molar-refractivity contribution is 5.92. The van der Waals surface area contributed by atoms with Crippen molar-refractivity contribution in [1.82, 2.24) is 20.4 Å². The molecule has 0 spiro atoms. The van der Waals surface area contributed by atoms with Gasteiger partial charge in [-0.05, 0) is 44.4 Å². The van der Waals surface area contributed by atoms with Gasteiger partial charge in [0.15, 0.2) is 0 Å². The Kier molecular flexibility index (Phi) is 5.25. The maximum Gasteiger partial charge on any atom is 0.271 e. The lowest BCUT2D eigenvalue weighted by atomic mass is 9.97. The number of piperidine rings is 1. The van der Waals surface area contributed by atoms with E-state index in [0.717, 1.165) is 37.2 Å². The van der Waals surface area contributed by atoms with E-state index in [2.05, 4.69) is 20.4 Å². The number of aromatic amines is 1. The summed E-state index contributed by atoms with van der Waals surface area (Å²) >= 11 is 0. The molecule has 1 unspecified atom stereocenters. The molecule has 1 amide bonds. The summed E-state index contributed by atoms with van der Waals surface area (Å²) in [6.45, 7) is 4.95. The van der Waals surface area contributed by atoms with E-state index >= 15 is 0 Å². The third kappa shape index (κ3) is 4.20. The van der Waals surface area contributed by atoms with Crippen molar-refractivity contribution in [2.45, 2.75) is 26.3 Å². The number of nitrogens with zero attached hydrogens (tertiary/aromatic N) is 2. The summed E-state index contributed by atoms with van der Waals surface area (Å²) in [5.74, 6) is 0.0851. The molecule has 0 saturated carbocycles. The quantitative estimate of drug-likeness (QED) is 0.885. The van der Waals surface area contributed by atoms with Crippen LogP contribution in [0.3, 0.4) is 0 Å². The number of rotatable bonds is 5. The maximum atomic E-state index is 13.8. The first-order valence-electron chi connectivity index (χ1n) is 8.38. The van der Waals surface area contributed by atoms with Gasteiger partial charge in [-0.25, -0.2) is 4.39 Å². The molecular weight excluding hydrogens is 307 g/mol. The van der Waals surface area contributed by atoms with Crippen LogP contribution >= 0.6 is 0 Å². The number of aromatic nitrogens is 2. The summed E-state index contributed by atoms with van der Waals surface area (Å²) in [5, 5.41) is 9.70. The minimum absolute atomic E-state index is 0.148. The highest BCUT2D eigenvalue weighted by Gasteiger charge is 2.21. The molecule has 1 aliphatic heterocycles. The normalized spacial score (nSPS) is 18.5. The molecule has 1 aromatic heterocycles. The molecule has 6 heteroatoms. The van der Waals surface area contributed by atoms with Crippen LogP contribution in [0.1, 0.15) is 34.6 Å². The van der Waals surface area contributed by atoms with Crippen LogP contribution in [0.2, 0.25) is 0 Å². The van der Waals surface area contributed by atoms with Crippen LogP contribution in [0.15, 0.2) is 30.3 Å². The Morgan fingerprint density at radius 1 is 1.46 bits per heavy atom. The molecule has 1 saturated heterocycles. The molecule has 3 rings (SSSR count). The van der Waals surface area contributed by atoms with Gasteiger partial charge in [0.2, 0.25) is 0 Å². The summed E-state index contributed by atoms with van der Waals surface area (Å²) in [5.41, 5.74) is 2.02. The van der Waals surface area contributed by atoms with E-state index in [9.17, 15) is 9.18 Å². The molecule has 1 fully saturated rings. The number of carbonyl (C=O) groups excluding carboxylic acids is 1. The lowest BCUT2D eigenvalue weighted by Gasteiger charge is -2.32. The average molecular weight is 330 g/mol. The Hall–Kier alpha value is -2.21.